The third-order valence-corrected chi connectivity index (χ3v) is 3.18. The van der Waals surface area contributed by atoms with E-state index >= 15 is 0 Å². The Kier molecular flexibility index (Phi) is 2.17. The van der Waals surface area contributed by atoms with E-state index in [1.807, 2.05) is 24.5 Å². The number of fused-ring (bicyclic) bond motifs is 1. The molecule has 3 rings (SSSR count). The number of aryl methyl sites for hydroxylation is 1. The fourth-order valence-corrected chi connectivity index (χ4v) is 2.37. The molecule has 0 unspecified atom stereocenters. The Morgan fingerprint density at radius 1 is 1.19 bits per heavy atom. The van der Waals surface area contributed by atoms with Crippen LogP contribution >= 0.6 is 0 Å². The van der Waals surface area contributed by atoms with Gasteiger partial charge in [-0.1, -0.05) is 6.07 Å². The number of rotatable bonds is 1. The molecule has 2 aromatic rings. The molecule has 3 heteroatoms. The van der Waals surface area contributed by atoms with Gasteiger partial charge in [0.05, 0.1) is 12.0 Å². The average molecular weight is 213 g/mol. The Labute approximate surface area is 94.9 Å². The standard InChI is InChI=1S/C13H15N3/c14-10-4-3-5-11(8-10)16-9-15-12-6-1-2-7-13(12)16/h3-5,8-9H,1-2,6-7,14H2. The highest BCUT2D eigenvalue weighted by Crippen LogP contribution is 2.23. The molecule has 3 nitrogen and oxygen atoms in total. The molecular formula is C13H15N3. The molecule has 82 valence electrons. The summed E-state index contributed by atoms with van der Waals surface area (Å²) in [6, 6.07) is 7.97. The fraction of sp³-hybridized carbons (Fsp3) is 0.308. The third kappa shape index (κ3) is 1.48. The summed E-state index contributed by atoms with van der Waals surface area (Å²) in [7, 11) is 0. The van der Waals surface area contributed by atoms with E-state index in [0.717, 1.165) is 24.2 Å². The predicted octanol–water partition coefficient (Wildman–Crippen LogP) is 2.33. The second-order valence-electron chi connectivity index (χ2n) is 4.31. The van der Waals surface area contributed by atoms with Crippen LogP contribution in [-0.4, -0.2) is 9.55 Å². The fourth-order valence-electron chi connectivity index (χ4n) is 2.37. The molecule has 1 aromatic heterocycles. The first-order valence-electron chi connectivity index (χ1n) is 5.75. The van der Waals surface area contributed by atoms with Crippen LogP contribution in [0.2, 0.25) is 0 Å². The molecule has 1 aliphatic carbocycles. The normalized spacial score (nSPS) is 14.8. The summed E-state index contributed by atoms with van der Waals surface area (Å²) in [6.07, 6.45) is 6.70. The van der Waals surface area contributed by atoms with Crippen molar-refractivity contribution in [3.8, 4) is 5.69 Å². The van der Waals surface area contributed by atoms with Crippen molar-refractivity contribution in [2.24, 2.45) is 0 Å². The van der Waals surface area contributed by atoms with E-state index in [1.165, 1.54) is 24.2 Å². The van der Waals surface area contributed by atoms with E-state index in [0.29, 0.717) is 0 Å². The van der Waals surface area contributed by atoms with E-state index < -0.39 is 0 Å². The van der Waals surface area contributed by atoms with Gasteiger partial charge in [-0.15, -0.1) is 0 Å². The monoisotopic (exact) mass is 213 g/mol. The minimum Gasteiger partial charge on any atom is -0.399 e. The summed E-state index contributed by atoms with van der Waals surface area (Å²) in [5, 5.41) is 0. The Bertz CT molecular complexity index is 514. The van der Waals surface area contributed by atoms with Crippen molar-refractivity contribution in [1.29, 1.82) is 0 Å². The van der Waals surface area contributed by atoms with Crippen LogP contribution in [0.5, 0.6) is 0 Å². The maximum atomic E-state index is 5.81. The molecule has 0 aliphatic heterocycles. The molecule has 0 fully saturated rings. The molecular weight excluding hydrogens is 198 g/mol. The zero-order chi connectivity index (χ0) is 11.0. The smallest absolute Gasteiger partial charge is 0.0997 e. The summed E-state index contributed by atoms with van der Waals surface area (Å²) < 4.78 is 2.17. The van der Waals surface area contributed by atoms with Crippen LogP contribution in [0.4, 0.5) is 5.69 Å². The van der Waals surface area contributed by atoms with Crippen molar-refractivity contribution < 1.29 is 0 Å². The van der Waals surface area contributed by atoms with Gasteiger partial charge in [-0.25, -0.2) is 4.98 Å². The van der Waals surface area contributed by atoms with E-state index in [4.69, 9.17) is 5.73 Å². The van der Waals surface area contributed by atoms with Crippen LogP contribution in [0.1, 0.15) is 24.2 Å². The molecule has 1 heterocycles. The van der Waals surface area contributed by atoms with Gasteiger partial charge in [0.25, 0.3) is 0 Å². The van der Waals surface area contributed by atoms with Crippen molar-refractivity contribution in [3.05, 3.63) is 42.0 Å². The van der Waals surface area contributed by atoms with Crippen LogP contribution in [0.15, 0.2) is 30.6 Å². The van der Waals surface area contributed by atoms with E-state index in [1.54, 1.807) is 0 Å². The lowest BCUT2D eigenvalue weighted by molar-refractivity contribution is 0.656. The summed E-state index contributed by atoms with van der Waals surface area (Å²) in [5.41, 5.74) is 10.3. The maximum absolute atomic E-state index is 5.81. The van der Waals surface area contributed by atoms with E-state index in [-0.39, 0.29) is 0 Å². The molecule has 0 spiro atoms. The SMILES string of the molecule is Nc1cccc(-n2cnc3c2CCCC3)c1. The van der Waals surface area contributed by atoms with Crippen LogP contribution in [0.3, 0.4) is 0 Å². The highest BCUT2D eigenvalue weighted by atomic mass is 15.1. The summed E-state index contributed by atoms with van der Waals surface area (Å²) in [4.78, 5) is 4.48. The van der Waals surface area contributed by atoms with Gasteiger partial charge in [-0.2, -0.15) is 0 Å². The zero-order valence-electron chi connectivity index (χ0n) is 9.19. The molecule has 0 saturated heterocycles. The molecule has 1 aliphatic rings. The van der Waals surface area contributed by atoms with Crippen molar-refractivity contribution >= 4 is 5.69 Å². The minimum atomic E-state index is 0.802. The van der Waals surface area contributed by atoms with Crippen molar-refractivity contribution in [2.75, 3.05) is 5.73 Å². The number of hydrogen-bond acceptors (Lipinski definition) is 2. The second kappa shape index (κ2) is 3.67. The largest absolute Gasteiger partial charge is 0.399 e. The number of aromatic nitrogens is 2. The number of hydrogen-bond donors (Lipinski definition) is 1. The summed E-state index contributed by atoms with van der Waals surface area (Å²) in [5.74, 6) is 0. The molecule has 0 radical (unpaired) electrons. The van der Waals surface area contributed by atoms with E-state index in [9.17, 15) is 0 Å². The van der Waals surface area contributed by atoms with Gasteiger partial charge in [0, 0.05) is 17.1 Å². The van der Waals surface area contributed by atoms with Crippen molar-refractivity contribution in [2.45, 2.75) is 25.7 Å². The average Bonchev–Trinajstić information content (AvgIpc) is 2.72. The number of imidazole rings is 1. The van der Waals surface area contributed by atoms with Crippen molar-refractivity contribution in [1.82, 2.24) is 9.55 Å². The molecule has 0 bridgehead atoms. The van der Waals surface area contributed by atoms with Gasteiger partial charge >= 0.3 is 0 Å². The number of nitrogens with zero attached hydrogens (tertiary/aromatic N) is 2. The van der Waals surface area contributed by atoms with Gasteiger partial charge in [0.1, 0.15) is 0 Å². The maximum Gasteiger partial charge on any atom is 0.0997 e. The van der Waals surface area contributed by atoms with E-state index in [2.05, 4.69) is 15.6 Å². The lowest BCUT2D eigenvalue weighted by Gasteiger charge is -2.14. The van der Waals surface area contributed by atoms with Crippen LogP contribution < -0.4 is 5.73 Å². The summed E-state index contributed by atoms with van der Waals surface area (Å²) in [6.45, 7) is 0. The minimum absolute atomic E-state index is 0.802. The number of benzene rings is 1. The van der Waals surface area contributed by atoms with Gasteiger partial charge in [0.2, 0.25) is 0 Å². The Balaban J connectivity index is 2.09. The lowest BCUT2D eigenvalue weighted by atomic mass is 10.0. The number of anilines is 1. The first kappa shape index (κ1) is 9.46. The van der Waals surface area contributed by atoms with Gasteiger partial charge < -0.3 is 10.3 Å². The van der Waals surface area contributed by atoms with Crippen LogP contribution in [-0.2, 0) is 12.8 Å². The van der Waals surface area contributed by atoms with Crippen LogP contribution in [0, 0.1) is 0 Å². The van der Waals surface area contributed by atoms with Gasteiger partial charge in [-0.3, -0.25) is 0 Å². The topological polar surface area (TPSA) is 43.8 Å². The van der Waals surface area contributed by atoms with Gasteiger partial charge in [-0.05, 0) is 43.9 Å². The Hall–Kier alpha value is -1.77. The quantitative estimate of drug-likeness (QED) is 0.739. The highest BCUT2D eigenvalue weighted by Gasteiger charge is 2.15. The lowest BCUT2D eigenvalue weighted by Crippen LogP contribution is -2.06. The Morgan fingerprint density at radius 3 is 2.94 bits per heavy atom. The highest BCUT2D eigenvalue weighted by molar-refractivity contribution is 5.48. The first-order valence-corrected chi connectivity index (χ1v) is 5.75. The van der Waals surface area contributed by atoms with Crippen LogP contribution in [0.25, 0.3) is 5.69 Å². The van der Waals surface area contributed by atoms with Gasteiger partial charge in [0.15, 0.2) is 0 Å². The Morgan fingerprint density at radius 2 is 2.06 bits per heavy atom. The molecule has 0 saturated carbocycles. The number of nitrogens with two attached hydrogens (primary N) is 1. The second-order valence-corrected chi connectivity index (χ2v) is 4.31. The molecule has 0 atom stereocenters. The summed E-state index contributed by atoms with van der Waals surface area (Å²) >= 11 is 0. The zero-order valence-corrected chi connectivity index (χ0v) is 9.19. The molecule has 1 aromatic carbocycles. The molecule has 2 N–H and O–H groups in total. The predicted molar refractivity (Wildman–Crippen MR) is 64.6 cm³/mol. The number of nitrogen functional groups attached to an aromatic ring is 1. The van der Waals surface area contributed by atoms with Crippen molar-refractivity contribution in [3.63, 3.8) is 0 Å². The first-order chi connectivity index (χ1) is 7.84. The molecule has 16 heavy (non-hydrogen) atoms. The molecule has 0 amide bonds. The third-order valence-electron chi connectivity index (χ3n) is 3.18.